The molecule has 1 aromatic carbocycles. The average Bonchev–Trinajstić information content (AvgIpc) is 2.23. The van der Waals surface area contributed by atoms with Crippen LogP contribution in [-0.2, 0) is 11.2 Å². The molecule has 0 heterocycles. The summed E-state index contributed by atoms with van der Waals surface area (Å²) in [7, 11) is 1.51. The first-order chi connectivity index (χ1) is 7.50. The summed E-state index contributed by atoms with van der Waals surface area (Å²) < 4.78 is 12.8. The topological polar surface area (TPSA) is 46.3 Å². The van der Waals surface area contributed by atoms with Crippen molar-refractivity contribution in [3.63, 3.8) is 0 Å². The number of aryl methyl sites for hydroxylation is 1. The van der Waals surface area contributed by atoms with E-state index in [1.807, 2.05) is 0 Å². The molecule has 0 radical (unpaired) electrons. The van der Waals surface area contributed by atoms with Gasteiger partial charge in [-0.3, -0.25) is 9.80 Å². The van der Waals surface area contributed by atoms with E-state index >= 15 is 0 Å². The van der Waals surface area contributed by atoms with E-state index in [4.69, 9.17) is 17.4 Å². The zero-order valence-electron chi connectivity index (χ0n) is 9.04. The number of halogens is 2. The third-order valence-corrected chi connectivity index (χ3v) is 2.52. The molecular weight excluding hydrogens is 231 g/mol. The molecule has 88 valence electrons. The molecule has 1 aromatic rings. The quantitative estimate of drug-likeness (QED) is 0.501. The molecule has 0 atom stereocenters. The van der Waals surface area contributed by atoms with Gasteiger partial charge < -0.3 is 0 Å². The Morgan fingerprint density at radius 3 is 2.81 bits per heavy atom. The van der Waals surface area contributed by atoms with Gasteiger partial charge in [0.25, 0.3) is 0 Å². The van der Waals surface area contributed by atoms with Crippen LogP contribution in [0.4, 0.5) is 4.39 Å². The van der Waals surface area contributed by atoms with Crippen LogP contribution in [0, 0.1) is 5.82 Å². The van der Waals surface area contributed by atoms with Gasteiger partial charge in [-0.2, -0.15) is 0 Å². The van der Waals surface area contributed by atoms with Gasteiger partial charge in [-0.1, -0.05) is 17.7 Å². The van der Waals surface area contributed by atoms with Crippen molar-refractivity contribution in [1.29, 1.82) is 0 Å². The van der Waals surface area contributed by atoms with E-state index in [0.717, 1.165) is 10.6 Å². The smallest absolute Gasteiger partial charge is 0.236 e. The minimum Gasteiger partial charge on any atom is -0.284 e. The largest absolute Gasteiger partial charge is 0.284 e. The monoisotopic (exact) mass is 244 g/mol. The Labute approximate surface area is 99.0 Å². The van der Waals surface area contributed by atoms with Gasteiger partial charge in [0.2, 0.25) is 5.91 Å². The van der Waals surface area contributed by atoms with Gasteiger partial charge in [0.05, 0.1) is 5.02 Å². The summed E-state index contributed by atoms with van der Waals surface area (Å²) in [5, 5.41) is 1.18. The van der Waals surface area contributed by atoms with Crippen LogP contribution in [0.25, 0.3) is 0 Å². The van der Waals surface area contributed by atoms with Crippen LogP contribution in [0.15, 0.2) is 18.2 Å². The maximum Gasteiger partial charge on any atom is 0.236 e. The Bertz CT molecular complexity index is 382. The van der Waals surface area contributed by atoms with Crippen molar-refractivity contribution >= 4 is 17.5 Å². The predicted octanol–water partition coefficient (Wildman–Crippen LogP) is 2.13. The van der Waals surface area contributed by atoms with E-state index in [0.29, 0.717) is 19.3 Å². The van der Waals surface area contributed by atoms with E-state index in [1.165, 1.54) is 13.1 Å². The molecule has 1 amide bonds. The number of nitrogens with two attached hydrogens (primary N) is 1. The molecule has 2 N–H and O–H groups in total. The van der Waals surface area contributed by atoms with Crippen molar-refractivity contribution in [2.45, 2.75) is 19.3 Å². The summed E-state index contributed by atoms with van der Waals surface area (Å²) in [4.78, 5) is 11.2. The molecule has 0 aliphatic rings. The molecule has 0 saturated heterocycles. The fraction of sp³-hybridized carbons (Fsp3) is 0.364. The zero-order valence-corrected chi connectivity index (χ0v) is 9.80. The summed E-state index contributed by atoms with van der Waals surface area (Å²) in [5.74, 6) is 4.73. The summed E-state index contributed by atoms with van der Waals surface area (Å²) >= 11 is 5.64. The number of rotatable bonds is 4. The fourth-order valence-corrected chi connectivity index (χ4v) is 1.52. The van der Waals surface area contributed by atoms with Gasteiger partial charge in [0.1, 0.15) is 5.82 Å². The number of hydrazine groups is 1. The van der Waals surface area contributed by atoms with Crippen molar-refractivity contribution in [1.82, 2.24) is 5.01 Å². The lowest BCUT2D eigenvalue weighted by Gasteiger charge is -2.09. The van der Waals surface area contributed by atoms with Crippen molar-refractivity contribution in [3.05, 3.63) is 34.6 Å². The lowest BCUT2D eigenvalue weighted by molar-refractivity contribution is -0.130. The first kappa shape index (κ1) is 12.9. The maximum atomic E-state index is 12.8. The van der Waals surface area contributed by atoms with Gasteiger partial charge in [-0.25, -0.2) is 10.2 Å². The second kappa shape index (κ2) is 5.82. The van der Waals surface area contributed by atoms with Crippen molar-refractivity contribution < 1.29 is 9.18 Å². The van der Waals surface area contributed by atoms with Crippen LogP contribution in [0.2, 0.25) is 5.02 Å². The summed E-state index contributed by atoms with van der Waals surface area (Å²) in [6, 6.07) is 4.57. The highest BCUT2D eigenvalue weighted by Gasteiger charge is 2.05. The summed E-state index contributed by atoms with van der Waals surface area (Å²) in [6.07, 6.45) is 1.73. The fourth-order valence-electron chi connectivity index (χ4n) is 1.32. The number of amides is 1. The van der Waals surface area contributed by atoms with Gasteiger partial charge >= 0.3 is 0 Å². The molecular formula is C11H14ClFN2O. The lowest BCUT2D eigenvalue weighted by Crippen LogP contribution is -2.32. The van der Waals surface area contributed by atoms with E-state index in [9.17, 15) is 9.18 Å². The number of hydrogen-bond donors (Lipinski definition) is 1. The van der Waals surface area contributed by atoms with E-state index in [2.05, 4.69) is 0 Å². The van der Waals surface area contributed by atoms with Crippen LogP contribution < -0.4 is 5.84 Å². The molecule has 16 heavy (non-hydrogen) atoms. The van der Waals surface area contributed by atoms with Crippen molar-refractivity contribution in [3.8, 4) is 0 Å². The molecule has 0 fully saturated rings. The van der Waals surface area contributed by atoms with Crippen LogP contribution in [0.1, 0.15) is 18.4 Å². The molecule has 0 bridgehead atoms. The van der Waals surface area contributed by atoms with Gasteiger partial charge in [-0.05, 0) is 30.5 Å². The van der Waals surface area contributed by atoms with Gasteiger partial charge in [0, 0.05) is 13.5 Å². The molecule has 5 heteroatoms. The zero-order chi connectivity index (χ0) is 12.1. The average molecular weight is 245 g/mol. The molecule has 0 aromatic heterocycles. The Morgan fingerprint density at radius 1 is 1.56 bits per heavy atom. The van der Waals surface area contributed by atoms with E-state index in [-0.39, 0.29) is 10.9 Å². The first-order valence-corrected chi connectivity index (χ1v) is 5.33. The standard InChI is InChI=1S/C11H14ClFN2O/c1-15(14)11(16)4-2-3-8-5-6-10(13)9(12)7-8/h5-7H,2-4,14H2,1H3. The first-order valence-electron chi connectivity index (χ1n) is 4.96. The predicted molar refractivity (Wildman–Crippen MR) is 61.3 cm³/mol. The minimum absolute atomic E-state index is 0.111. The molecule has 1 rings (SSSR count). The Morgan fingerprint density at radius 2 is 2.25 bits per heavy atom. The Hall–Kier alpha value is -1.13. The van der Waals surface area contributed by atoms with Crippen LogP contribution in [-0.4, -0.2) is 18.0 Å². The highest BCUT2D eigenvalue weighted by atomic mass is 35.5. The highest BCUT2D eigenvalue weighted by molar-refractivity contribution is 6.30. The van der Waals surface area contributed by atoms with Crippen LogP contribution >= 0.6 is 11.6 Å². The third-order valence-electron chi connectivity index (χ3n) is 2.23. The lowest BCUT2D eigenvalue weighted by atomic mass is 10.1. The van der Waals surface area contributed by atoms with Crippen LogP contribution in [0.5, 0.6) is 0 Å². The molecule has 0 saturated carbocycles. The number of benzene rings is 1. The second-order valence-corrected chi connectivity index (χ2v) is 4.01. The molecule has 0 aliphatic carbocycles. The summed E-state index contributed by atoms with van der Waals surface area (Å²) in [6.45, 7) is 0. The Kier molecular flexibility index (Phi) is 4.71. The van der Waals surface area contributed by atoms with Gasteiger partial charge in [-0.15, -0.1) is 0 Å². The second-order valence-electron chi connectivity index (χ2n) is 3.61. The van der Waals surface area contributed by atoms with Crippen molar-refractivity contribution in [2.24, 2.45) is 5.84 Å². The molecule has 0 aliphatic heterocycles. The number of carbonyl (C=O) groups is 1. The van der Waals surface area contributed by atoms with Crippen molar-refractivity contribution in [2.75, 3.05) is 7.05 Å². The SMILES string of the molecule is CN(N)C(=O)CCCc1ccc(F)c(Cl)c1. The number of carbonyl (C=O) groups excluding carboxylic acids is 1. The number of nitrogens with zero attached hydrogens (tertiary/aromatic N) is 1. The van der Waals surface area contributed by atoms with E-state index < -0.39 is 5.82 Å². The maximum absolute atomic E-state index is 12.8. The molecule has 3 nitrogen and oxygen atoms in total. The normalized spacial score (nSPS) is 10.2. The summed E-state index contributed by atoms with van der Waals surface area (Å²) in [5.41, 5.74) is 0.916. The minimum atomic E-state index is -0.428. The van der Waals surface area contributed by atoms with E-state index in [1.54, 1.807) is 12.1 Å². The van der Waals surface area contributed by atoms with Gasteiger partial charge in [0.15, 0.2) is 0 Å². The Balaban J connectivity index is 2.43. The highest BCUT2D eigenvalue weighted by Crippen LogP contribution is 2.17. The molecule has 0 spiro atoms. The third kappa shape index (κ3) is 3.79. The number of hydrogen-bond acceptors (Lipinski definition) is 2. The molecule has 0 unspecified atom stereocenters. The van der Waals surface area contributed by atoms with Crippen LogP contribution in [0.3, 0.4) is 0 Å².